The molecular formula is C27H32N4O5. The van der Waals surface area contributed by atoms with Crippen molar-refractivity contribution in [1.29, 1.82) is 0 Å². The monoisotopic (exact) mass is 492 g/mol. The van der Waals surface area contributed by atoms with Gasteiger partial charge in [0.25, 0.3) is 5.89 Å². The van der Waals surface area contributed by atoms with Crippen LogP contribution in [0.2, 0.25) is 0 Å². The number of hydrogen-bond acceptors (Lipinski definition) is 7. The molecule has 0 bridgehead atoms. The predicted octanol–water partition coefficient (Wildman–Crippen LogP) is 5.07. The molecule has 0 radical (unpaired) electrons. The van der Waals surface area contributed by atoms with E-state index in [0.29, 0.717) is 50.3 Å². The van der Waals surface area contributed by atoms with Crippen molar-refractivity contribution in [1.82, 2.24) is 20.4 Å². The maximum absolute atomic E-state index is 13.1. The molecule has 190 valence electrons. The van der Waals surface area contributed by atoms with Gasteiger partial charge < -0.3 is 24.1 Å². The van der Waals surface area contributed by atoms with Gasteiger partial charge in [-0.1, -0.05) is 17.3 Å². The van der Waals surface area contributed by atoms with Crippen LogP contribution in [0.1, 0.15) is 44.7 Å². The lowest BCUT2D eigenvalue weighted by Crippen LogP contribution is -2.46. The summed E-state index contributed by atoms with van der Waals surface area (Å²) in [7, 11) is 1.61. The Labute approximate surface area is 211 Å². The van der Waals surface area contributed by atoms with Crippen LogP contribution in [0.15, 0.2) is 58.8 Å². The van der Waals surface area contributed by atoms with Gasteiger partial charge >= 0.3 is 6.03 Å². The Morgan fingerprint density at radius 3 is 2.61 bits per heavy atom. The highest BCUT2D eigenvalue weighted by molar-refractivity contribution is 5.87. The molecule has 3 aromatic rings. The Kier molecular flexibility index (Phi) is 8.22. The molecule has 1 N–H and O–H groups in total. The molecule has 0 fully saturated rings. The topological polar surface area (TPSA) is 99.0 Å². The molecule has 0 aliphatic carbocycles. The van der Waals surface area contributed by atoms with Crippen molar-refractivity contribution in [3.05, 3.63) is 65.7 Å². The largest absolute Gasteiger partial charge is 0.497 e. The first-order valence-electron chi connectivity index (χ1n) is 12.1. The van der Waals surface area contributed by atoms with Gasteiger partial charge in [0.1, 0.15) is 11.5 Å². The number of urea groups is 1. The summed E-state index contributed by atoms with van der Waals surface area (Å²) in [6, 6.07) is 14.4. The quantitative estimate of drug-likeness (QED) is 0.373. The Morgan fingerprint density at radius 1 is 1.08 bits per heavy atom. The Morgan fingerprint density at radius 2 is 1.89 bits per heavy atom. The van der Waals surface area contributed by atoms with Gasteiger partial charge in [0.05, 0.1) is 25.3 Å². The van der Waals surface area contributed by atoms with E-state index in [4.69, 9.17) is 23.7 Å². The number of carbonyl (C=O) groups excluding carboxylic acids is 1. The Balaban J connectivity index is 1.71. The van der Waals surface area contributed by atoms with Crippen LogP contribution in [-0.4, -0.2) is 54.5 Å². The minimum atomic E-state index is -0.482. The third-order valence-corrected chi connectivity index (χ3v) is 5.98. The molecule has 1 atom stereocenters. The maximum atomic E-state index is 13.1. The van der Waals surface area contributed by atoms with E-state index in [-0.39, 0.29) is 6.03 Å². The van der Waals surface area contributed by atoms with Crippen LogP contribution in [0.4, 0.5) is 4.79 Å². The van der Waals surface area contributed by atoms with E-state index in [1.165, 1.54) is 0 Å². The molecule has 0 saturated heterocycles. The van der Waals surface area contributed by atoms with Crippen LogP contribution in [-0.2, 0) is 4.74 Å². The summed E-state index contributed by atoms with van der Waals surface area (Å²) in [5.74, 6) is 2.27. The molecular weight excluding hydrogens is 460 g/mol. The minimum Gasteiger partial charge on any atom is -0.497 e. The van der Waals surface area contributed by atoms with Gasteiger partial charge in [0.2, 0.25) is 5.82 Å². The lowest BCUT2D eigenvalue weighted by molar-refractivity contribution is 0.136. The second-order valence-electron chi connectivity index (χ2n) is 8.24. The first-order chi connectivity index (χ1) is 17.5. The summed E-state index contributed by atoms with van der Waals surface area (Å²) >= 11 is 0. The summed E-state index contributed by atoms with van der Waals surface area (Å²) in [5, 5.41) is 7.34. The van der Waals surface area contributed by atoms with Crippen LogP contribution < -0.4 is 14.8 Å². The first kappa shape index (κ1) is 25.2. The number of hydrogen-bond donors (Lipinski definition) is 1. The van der Waals surface area contributed by atoms with Crippen molar-refractivity contribution in [2.45, 2.75) is 33.2 Å². The fourth-order valence-corrected chi connectivity index (χ4v) is 4.18. The lowest BCUT2D eigenvalue weighted by atomic mass is 9.94. The van der Waals surface area contributed by atoms with E-state index >= 15 is 0 Å². The third kappa shape index (κ3) is 5.52. The van der Waals surface area contributed by atoms with E-state index < -0.39 is 6.04 Å². The molecule has 0 saturated carbocycles. The molecule has 1 unspecified atom stereocenters. The molecule has 2 amide bonds. The van der Waals surface area contributed by atoms with Crippen LogP contribution >= 0.6 is 0 Å². The highest BCUT2D eigenvalue weighted by Gasteiger charge is 2.35. The zero-order valence-electron chi connectivity index (χ0n) is 21.1. The smallest absolute Gasteiger partial charge is 0.322 e. The molecule has 2 aromatic carbocycles. The number of allylic oxidation sites excluding steroid dienone is 1. The fourth-order valence-electron chi connectivity index (χ4n) is 4.18. The van der Waals surface area contributed by atoms with Crippen molar-refractivity contribution in [3.63, 3.8) is 0 Å². The molecule has 1 aliphatic rings. The van der Waals surface area contributed by atoms with Gasteiger partial charge in [-0.05, 0) is 69.2 Å². The summed E-state index contributed by atoms with van der Waals surface area (Å²) < 4.78 is 22.2. The standard InChI is InChI=1S/C27H32N4O5/c1-5-34-16-8-15-31-18(3)23(24(28-27(31)32)20-9-7-10-22(17-20)33-4)26-29-25(30-36-26)19-11-13-21(14-12-19)35-6-2/h7,9-14,17,24H,5-6,8,15-16H2,1-4H3,(H,28,32). The third-order valence-electron chi connectivity index (χ3n) is 5.98. The molecule has 0 spiro atoms. The molecule has 9 heteroatoms. The molecule has 4 rings (SSSR count). The van der Waals surface area contributed by atoms with Crippen LogP contribution in [0.25, 0.3) is 17.0 Å². The van der Waals surface area contributed by atoms with Crippen molar-refractivity contribution >= 4 is 11.6 Å². The highest BCUT2D eigenvalue weighted by atomic mass is 16.5. The summed E-state index contributed by atoms with van der Waals surface area (Å²) in [4.78, 5) is 19.5. The molecule has 36 heavy (non-hydrogen) atoms. The maximum Gasteiger partial charge on any atom is 0.322 e. The number of carbonyl (C=O) groups is 1. The van der Waals surface area contributed by atoms with Gasteiger partial charge in [-0.2, -0.15) is 4.98 Å². The Bertz CT molecular complexity index is 1200. The van der Waals surface area contributed by atoms with Gasteiger partial charge in [0.15, 0.2) is 0 Å². The predicted molar refractivity (Wildman–Crippen MR) is 136 cm³/mol. The molecule has 1 aliphatic heterocycles. The number of rotatable bonds is 11. The molecule has 9 nitrogen and oxygen atoms in total. The number of nitrogens with one attached hydrogen (secondary N) is 1. The highest BCUT2D eigenvalue weighted by Crippen LogP contribution is 2.38. The number of amides is 2. The number of nitrogens with zero attached hydrogens (tertiary/aromatic N) is 3. The van der Waals surface area contributed by atoms with Crippen molar-refractivity contribution in [2.75, 3.05) is 33.5 Å². The number of benzene rings is 2. The summed E-state index contributed by atoms with van der Waals surface area (Å²) in [6.07, 6.45) is 0.705. The van der Waals surface area contributed by atoms with E-state index in [9.17, 15) is 4.79 Å². The summed E-state index contributed by atoms with van der Waals surface area (Å²) in [6.45, 7) is 8.11. The zero-order valence-corrected chi connectivity index (χ0v) is 21.1. The minimum absolute atomic E-state index is 0.188. The van der Waals surface area contributed by atoms with Gasteiger partial charge in [-0.3, -0.25) is 4.90 Å². The summed E-state index contributed by atoms with van der Waals surface area (Å²) in [5.41, 5.74) is 3.15. The zero-order chi connectivity index (χ0) is 25.5. The lowest BCUT2D eigenvalue weighted by Gasteiger charge is -2.35. The second kappa shape index (κ2) is 11.7. The average molecular weight is 493 g/mol. The SMILES string of the molecule is CCOCCCN1C(=O)NC(c2cccc(OC)c2)C(c2nc(-c3ccc(OCC)cc3)no2)=C1C. The fraction of sp³-hybridized carbons (Fsp3) is 0.370. The van der Waals surface area contributed by atoms with Crippen molar-refractivity contribution in [3.8, 4) is 22.9 Å². The van der Waals surface area contributed by atoms with Gasteiger partial charge in [0, 0.05) is 31.0 Å². The number of ether oxygens (including phenoxy) is 3. The number of methoxy groups -OCH3 is 1. The first-order valence-corrected chi connectivity index (χ1v) is 12.1. The van der Waals surface area contributed by atoms with Gasteiger partial charge in [-0.25, -0.2) is 4.79 Å². The number of aromatic nitrogens is 2. The van der Waals surface area contributed by atoms with Crippen LogP contribution in [0.5, 0.6) is 11.5 Å². The second-order valence-corrected chi connectivity index (χ2v) is 8.24. The van der Waals surface area contributed by atoms with E-state index in [1.807, 2.05) is 69.3 Å². The van der Waals surface area contributed by atoms with E-state index in [1.54, 1.807) is 12.0 Å². The Hall–Kier alpha value is -3.85. The normalized spacial score (nSPS) is 15.7. The van der Waals surface area contributed by atoms with E-state index in [0.717, 1.165) is 28.1 Å². The molecule has 1 aromatic heterocycles. The van der Waals surface area contributed by atoms with Crippen molar-refractivity contribution in [2.24, 2.45) is 0 Å². The van der Waals surface area contributed by atoms with Gasteiger partial charge in [-0.15, -0.1) is 0 Å². The van der Waals surface area contributed by atoms with Crippen LogP contribution in [0, 0.1) is 0 Å². The van der Waals surface area contributed by atoms with Crippen LogP contribution in [0.3, 0.4) is 0 Å². The molecule has 2 heterocycles. The van der Waals surface area contributed by atoms with E-state index in [2.05, 4.69) is 10.5 Å². The van der Waals surface area contributed by atoms with Crippen molar-refractivity contribution < 1.29 is 23.5 Å². The average Bonchev–Trinajstić information content (AvgIpc) is 3.38.